The highest BCUT2D eigenvalue weighted by atomic mass is 28.3. The first kappa shape index (κ1) is 12.3. The smallest absolute Gasteiger partial charge is 0.0474 e. The molecule has 0 aliphatic carbocycles. The van der Waals surface area contributed by atoms with E-state index in [0.717, 1.165) is 0 Å². The summed E-state index contributed by atoms with van der Waals surface area (Å²) in [4.78, 5) is 0. The molecule has 0 amide bonds. The summed E-state index contributed by atoms with van der Waals surface area (Å²) in [5.41, 5.74) is 1.15. The van der Waals surface area contributed by atoms with Crippen LogP contribution in [0.3, 0.4) is 0 Å². The van der Waals surface area contributed by atoms with E-state index in [1.165, 1.54) is 19.3 Å². The second-order valence-corrected chi connectivity index (χ2v) is 12.4. The second-order valence-electron chi connectivity index (χ2n) is 7.05. The van der Waals surface area contributed by atoms with E-state index in [2.05, 4.69) is 40.8 Å². The van der Waals surface area contributed by atoms with E-state index in [-0.39, 0.29) is 0 Å². The Kier molecular flexibility index (Phi) is 3.21. The maximum atomic E-state index is 2.56. The van der Waals surface area contributed by atoms with Gasteiger partial charge in [0.1, 0.15) is 0 Å². The molecule has 0 atom stereocenters. The van der Waals surface area contributed by atoms with Gasteiger partial charge in [-0.1, -0.05) is 52.9 Å². The van der Waals surface area contributed by atoms with E-state index in [9.17, 15) is 0 Å². The fraction of sp³-hybridized carbons (Fsp3) is 1.00. The molecule has 1 heteroatoms. The van der Waals surface area contributed by atoms with Crippen molar-refractivity contribution in [3.63, 3.8) is 0 Å². The fourth-order valence-electron chi connectivity index (χ4n) is 3.04. The van der Waals surface area contributed by atoms with Gasteiger partial charge >= 0.3 is 0 Å². The lowest BCUT2D eigenvalue weighted by Crippen LogP contribution is -2.43. The molecule has 1 rings (SSSR count). The molecular formula is C13H28Si. The maximum absolute atomic E-state index is 2.56. The third-order valence-corrected chi connectivity index (χ3v) is 8.04. The van der Waals surface area contributed by atoms with E-state index >= 15 is 0 Å². The lowest BCUT2D eigenvalue weighted by Gasteiger charge is -2.50. The molecule has 0 aromatic heterocycles. The zero-order valence-corrected chi connectivity index (χ0v) is 12.0. The molecule has 0 radical (unpaired) electrons. The van der Waals surface area contributed by atoms with Crippen LogP contribution in [0.2, 0.25) is 25.2 Å². The molecule has 0 saturated carbocycles. The lowest BCUT2D eigenvalue weighted by molar-refractivity contribution is 0.0631. The summed E-state index contributed by atoms with van der Waals surface area (Å²) in [6, 6.07) is 3.11. The molecule has 0 N–H and O–H groups in total. The molecule has 1 heterocycles. The van der Waals surface area contributed by atoms with E-state index in [4.69, 9.17) is 0 Å². The third-order valence-electron chi connectivity index (χ3n) is 4.83. The summed E-state index contributed by atoms with van der Waals surface area (Å²) in [5, 5.41) is 0. The molecule has 0 spiro atoms. The third kappa shape index (κ3) is 2.24. The molecule has 1 aliphatic heterocycles. The largest absolute Gasteiger partial charge is 0.0693 e. The van der Waals surface area contributed by atoms with Gasteiger partial charge in [-0.05, 0) is 30.1 Å². The van der Waals surface area contributed by atoms with Crippen LogP contribution < -0.4 is 0 Å². The zero-order chi connectivity index (χ0) is 11.0. The van der Waals surface area contributed by atoms with E-state index < -0.39 is 8.07 Å². The Hall–Kier alpha value is 0.217. The molecule has 1 fully saturated rings. The van der Waals surface area contributed by atoms with Crippen LogP contribution in [0.1, 0.15) is 47.0 Å². The van der Waals surface area contributed by atoms with E-state index in [1.54, 1.807) is 12.1 Å². The predicted octanol–water partition coefficient (Wildman–Crippen LogP) is 4.93. The Bertz CT molecular complexity index is 188. The first-order chi connectivity index (χ1) is 6.22. The number of hydrogen-bond acceptors (Lipinski definition) is 0. The highest BCUT2D eigenvalue weighted by Gasteiger charge is 2.44. The van der Waals surface area contributed by atoms with Gasteiger partial charge in [-0.3, -0.25) is 0 Å². The van der Waals surface area contributed by atoms with Crippen molar-refractivity contribution >= 4 is 8.07 Å². The Morgan fingerprint density at radius 2 is 1.50 bits per heavy atom. The molecule has 1 aliphatic rings. The molecule has 0 bridgehead atoms. The quantitative estimate of drug-likeness (QED) is 0.541. The van der Waals surface area contributed by atoms with Crippen LogP contribution in [-0.2, 0) is 0 Å². The van der Waals surface area contributed by atoms with Gasteiger partial charge in [0, 0.05) is 8.07 Å². The van der Waals surface area contributed by atoms with Crippen LogP contribution in [0.25, 0.3) is 0 Å². The Morgan fingerprint density at radius 1 is 1.07 bits per heavy atom. The number of rotatable bonds is 1. The molecule has 1 saturated heterocycles. The van der Waals surface area contributed by atoms with Gasteiger partial charge in [0.15, 0.2) is 0 Å². The van der Waals surface area contributed by atoms with Crippen molar-refractivity contribution in [1.82, 2.24) is 0 Å². The molecule has 84 valence electrons. The van der Waals surface area contributed by atoms with Gasteiger partial charge in [-0.15, -0.1) is 0 Å². The van der Waals surface area contributed by atoms with Gasteiger partial charge in [0.2, 0.25) is 0 Å². The molecule has 0 nitrogen and oxygen atoms in total. The van der Waals surface area contributed by atoms with Gasteiger partial charge in [-0.2, -0.15) is 0 Å². The second kappa shape index (κ2) is 3.66. The normalized spacial score (nSPS) is 26.1. The molecule has 0 aromatic carbocycles. The average molecular weight is 212 g/mol. The first-order valence-electron chi connectivity index (χ1n) is 6.22. The highest BCUT2D eigenvalue weighted by molar-refractivity contribution is 6.77. The topological polar surface area (TPSA) is 0 Å². The van der Waals surface area contributed by atoms with Crippen molar-refractivity contribution in [3.8, 4) is 0 Å². The lowest BCUT2D eigenvalue weighted by atomic mass is 9.61. The SMILES string of the molecule is CCC1(C(C)(C)C)CC[Si](C)(C)CC1. The Labute approximate surface area is 91.5 Å². The first-order valence-corrected chi connectivity index (χ1v) is 9.64. The summed E-state index contributed by atoms with van der Waals surface area (Å²) in [7, 11) is -0.774. The minimum Gasteiger partial charge on any atom is -0.0693 e. The van der Waals surface area contributed by atoms with Crippen LogP contribution in [0, 0.1) is 10.8 Å². The average Bonchev–Trinajstić information content (AvgIpc) is 2.03. The Morgan fingerprint density at radius 3 is 1.79 bits per heavy atom. The Balaban J connectivity index is 2.77. The van der Waals surface area contributed by atoms with Gasteiger partial charge < -0.3 is 0 Å². The van der Waals surface area contributed by atoms with Gasteiger partial charge in [0.05, 0.1) is 0 Å². The molecule has 0 unspecified atom stereocenters. The minimum atomic E-state index is -0.774. The molecule has 0 aromatic rings. The van der Waals surface area contributed by atoms with Crippen LogP contribution >= 0.6 is 0 Å². The zero-order valence-electron chi connectivity index (χ0n) is 11.0. The van der Waals surface area contributed by atoms with Crippen molar-refractivity contribution in [1.29, 1.82) is 0 Å². The van der Waals surface area contributed by atoms with E-state index in [0.29, 0.717) is 10.8 Å². The van der Waals surface area contributed by atoms with Crippen LogP contribution in [0.15, 0.2) is 0 Å². The van der Waals surface area contributed by atoms with Gasteiger partial charge in [0.25, 0.3) is 0 Å². The van der Waals surface area contributed by atoms with Crippen molar-refractivity contribution in [2.24, 2.45) is 10.8 Å². The van der Waals surface area contributed by atoms with Crippen LogP contribution in [-0.4, -0.2) is 8.07 Å². The highest BCUT2D eigenvalue weighted by Crippen LogP contribution is 2.53. The van der Waals surface area contributed by atoms with Gasteiger partial charge in [-0.25, -0.2) is 0 Å². The molecular weight excluding hydrogens is 184 g/mol. The van der Waals surface area contributed by atoms with Crippen molar-refractivity contribution in [3.05, 3.63) is 0 Å². The predicted molar refractivity (Wildman–Crippen MR) is 68.5 cm³/mol. The van der Waals surface area contributed by atoms with Crippen LogP contribution in [0.5, 0.6) is 0 Å². The monoisotopic (exact) mass is 212 g/mol. The maximum Gasteiger partial charge on any atom is 0.0474 e. The standard InChI is InChI=1S/C13H28Si/c1-7-13(12(2,3)4)8-10-14(5,6)11-9-13/h7-11H2,1-6H3. The van der Waals surface area contributed by atoms with E-state index in [1.807, 2.05) is 0 Å². The summed E-state index contributed by atoms with van der Waals surface area (Å²) < 4.78 is 0. The van der Waals surface area contributed by atoms with Crippen molar-refractivity contribution < 1.29 is 0 Å². The minimum absolute atomic E-state index is 0.507. The van der Waals surface area contributed by atoms with Crippen LogP contribution in [0.4, 0.5) is 0 Å². The van der Waals surface area contributed by atoms with Crippen molar-refractivity contribution in [2.45, 2.75) is 72.1 Å². The summed E-state index contributed by atoms with van der Waals surface area (Å²) in [6.45, 7) is 14.8. The fourth-order valence-corrected chi connectivity index (χ4v) is 5.60. The van der Waals surface area contributed by atoms with Crippen molar-refractivity contribution in [2.75, 3.05) is 0 Å². The molecule has 14 heavy (non-hydrogen) atoms. The summed E-state index contributed by atoms with van der Waals surface area (Å²) in [6.07, 6.45) is 4.36. The number of hydrogen-bond donors (Lipinski definition) is 0. The summed E-state index contributed by atoms with van der Waals surface area (Å²) >= 11 is 0. The summed E-state index contributed by atoms with van der Waals surface area (Å²) in [5.74, 6) is 0.